The van der Waals surface area contributed by atoms with Crippen molar-refractivity contribution >= 4 is 22.8 Å². The van der Waals surface area contributed by atoms with E-state index in [4.69, 9.17) is 4.98 Å². The number of nitrogens with one attached hydrogen (secondary N) is 1. The van der Waals surface area contributed by atoms with Crippen LogP contribution in [0.15, 0.2) is 48.5 Å². The number of hydrogen-bond acceptors (Lipinski definition) is 3. The van der Waals surface area contributed by atoms with E-state index in [1.807, 2.05) is 61.4 Å². The Balaban J connectivity index is 1.56. The van der Waals surface area contributed by atoms with Gasteiger partial charge in [0.25, 0.3) is 5.91 Å². The zero-order chi connectivity index (χ0) is 24.7. The highest BCUT2D eigenvalue weighted by Gasteiger charge is 2.22. The van der Waals surface area contributed by atoms with Gasteiger partial charge in [0.2, 0.25) is 5.91 Å². The number of imidazole rings is 1. The van der Waals surface area contributed by atoms with Gasteiger partial charge in [0.15, 0.2) is 0 Å². The van der Waals surface area contributed by atoms with Gasteiger partial charge in [-0.15, -0.1) is 0 Å². The fraction of sp³-hybridized carbons (Fsp3) is 0.444. The number of carbonyl (C=O) groups is 2. The third-order valence-electron chi connectivity index (χ3n) is 5.90. The molecule has 0 saturated carbocycles. The van der Waals surface area contributed by atoms with Crippen LogP contribution in [-0.2, 0) is 17.8 Å². The third kappa shape index (κ3) is 6.43. The number of benzene rings is 2. The number of nitrogens with zero attached hydrogens (tertiary/aromatic N) is 3. The van der Waals surface area contributed by atoms with Crippen LogP contribution < -0.4 is 5.32 Å². The van der Waals surface area contributed by atoms with Gasteiger partial charge in [-0.05, 0) is 76.9 Å². The van der Waals surface area contributed by atoms with Crippen LogP contribution in [0.4, 0.5) is 4.39 Å². The molecule has 0 bridgehead atoms. The lowest BCUT2D eigenvalue weighted by atomic mass is 10.1. The van der Waals surface area contributed by atoms with Crippen molar-refractivity contribution in [3.05, 3.63) is 65.7 Å². The van der Waals surface area contributed by atoms with Crippen molar-refractivity contribution in [3.8, 4) is 0 Å². The van der Waals surface area contributed by atoms with Gasteiger partial charge in [-0.25, -0.2) is 9.37 Å². The summed E-state index contributed by atoms with van der Waals surface area (Å²) >= 11 is 0. The minimum Gasteiger partial charge on any atom is -0.352 e. The van der Waals surface area contributed by atoms with E-state index in [9.17, 15) is 14.0 Å². The van der Waals surface area contributed by atoms with Gasteiger partial charge in [0, 0.05) is 30.6 Å². The molecule has 1 N–H and O–H groups in total. The molecule has 34 heavy (non-hydrogen) atoms. The lowest BCUT2D eigenvalue weighted by molar-refractivity contribution is -0.135. The van der Waals surface area contributed by atoms with Gasteiger partial charge in [-0.1, -0.05) is 18.6 Å². The number of rotatable bonds is 11. The maximum Gasteiger partial charge on any atom is 0.251 e. The van der Waals surface area contributed by atoms with Gasteiger partial charge in [-0.2, -0.15) is 0 Å². The topological polar surface area (TPSA) is 67.2 Å². The Morgan fingerprint density at radius 3 is 2.32 bits per heavy atom. The monoisotopic (exact) mass is 466 g/mol. The average Bonchev–Trinajstić information content (AvgIpc) is 3.13. The second-order valence-electron chi connectivity index (χ2n) is 9.16. The highest BCUT2D eigenvalue weighted by Crippen LogP contribution is 2.19. The van der Waals surface area contributed by atoms with Crippen LogP contribution in [0.1, 0.15) is 63.1 Å². The van der Waals surface area contributed by atoms with E-state index in [0.29, 0.717) is 12.1 Å². The second-order valence-corrected chi connectivity index (χ2v) is 9.16. The Hall–Kier alpha value is -3.22. The summed E-state index contributed by atoms with van der Waals surface area (Å²) in [7, 11) is 0. The molecule has 6 nitrogen and oxygen atoms in total. The van der Waals surface area contributed by atoms with Crippen molar-refractivity contribution in [2.24, 2.45) is 0 Å². The van der Waals surface area contributed by atoms with Crippen LogP contribution in [-0.4, -0.2) is 44.9 Å². The smallest absolute Gasteiger partial charge is 0.251 e. The molecule has 0 saturated heterocycles. The van der Waals surface area contributed by atoms with Gasteiger partial charge in [-0.3, -0.25) is 9.59 Å². The van der Waals surface area contributed by atoms with E-state index >= 15 is 0 Å². The van der Waals surface area contributed by atoms with E-state index in [-0.39, 0.29) is 36.3 Å². The number of aromatic nitrogens is 2. The number of aryl methyl sites for hydroxylation is 1. The highest BCUT2D eigenvalue weighted by molar-refractivity contribution is 5.94. The molecule has 0 spiro atoms. The number of carbonyl (C=O) groups excluding carboxylic acids is 2. The summed E-state index contributed by atoms with van der Waals surface area (Å²) in [4.78, 5) is 32.0. The Morgan fingerprint density at radius 1 is 0.971 bits per heavy atom. The molecule has 0 aliphatic rings. The summed E-state index contributed by atoms with van der Waals surface area (Å²) < 4.78 is 15.0. The molecule has 0 radical (unpaired) electrons. The molecule has 182 valence electrons. The first kappa shape index (κ1) is 25.4. The molecule has 0 unspecified atom stereocenters. The fourth-order valence-electron chi connectivity index (χ4n) is 4.37. The van der Waals surface area contributed by atoms with Crippen LogP contribution >= 0.6 is 0 Å². The Labute approximate surface area is 201 Å². The molecule has 0 atom stereocenters. The first-order valence-corrected chi connectivity index (χ1v) is 12.1. The maximum atomic E-state index is 13.1. The SMILES string of the molecule is CC(C)N(C(=O)Cn1c(CCCCCNC(=O)c2ccc(F)cc2)nc2ccccc21)C(C)C. The summed E-state index contributed by atoms with van der Waals surface area (Å²) in [6, 6.07) is 13.7. The molecule has 1 aromatic heterocycles. The summed E-state index contributed by atoms with van der Waals surface area (Å²) in [6.07, 6.45) is 3.42. The summed E-state index contributed by atoms with van der Waals surface area (Å²) in [6.45, 7) is 9.00. The maximum absolute atomic E-state index is 13.1. The van der Waals surface area contributed by atoms with Crippen molar-refractivity contribution in [1.29, 1.82) is 0 Å². The molecule has 0 fully saturated rings. The Bertz CT molecular complexity index is 1100. The molecule has 0 aliphatic carbocycles. The molecular weight excluding hydrogens is 431 g/mol. The minimum absolute atomic E-state index is 0.0953. The van der Waals surface area contributed by atoms with E-state index < -0.39 is 0 Å². The first-order chi connectivity index (χ1) is 16.3. The van der Waals surface area contributed by atoms with Crippen molar-refractivity contribution in [3.63, 3.8) is 0 Å². The first-order valence-electron chi connectivity index (χ1n) is 12.1. The summed E-state index contributed by atoms with van der Waals surface area (Å²) in [5.41, 5.74) is 2.33. The van der Waals surface area contributed by atoms with E-state index in [2.05, 4.69) is 5.32 Å². The van der Waals surface area contributed by atoms with Gasteiger partial charge >= 0.3 is 0 Å². The zero-order valence-corrected chi connectivity index (χ0v) is 20.6. The number of hydrogen-bond donors (Lipinski definition) is 1. The minimum atomic E-state index is -0.356. The normalized spacial score (nSPS) is 11.4. The lowest BCUT2D eigenvalue weighted by Crippen LogP contribution is -2.43. The molecule has 7 heteroatoms. The standard InChI is InChI=1S/C27H35FN4O2/c1-19(2)32(20(3)4)26(33)18-31-24-11-8-7-10-23(24)30-25(31)12-6-5-9-17-29-27(34)21-13-15-22(28)16-14-21/h7-8,10-11,13-16,19-20H,5-6,9,12,17-18H2,1-4H3,(H,29,34). The highest BCUT2D eigenvalue weighted by atomic mass is 19.1. The predicted molar refractivity (Wildman–Crippen MR) is 133 cm³/mol. The van der Waals surface area contributed by atoms with Crippen LogP contribution in [0.2, 0.25) is 0 Å². The second kappa shape index (κ2) is 11.8. The van der Waals surface area contributed by atoms with Crippen molar-refractivity contribution in [1.82, 2.24) is 19.8 Å². The van der Waals surface area contributed by atoms with Gasteiger partial charge in [0.1, 0.15) is 18.2 Å². The van der Waals surface area contributed by atoms with Crippen molar-refractivity contribution < 1.29 is 14.0 Å². The van der Waals surface area contributed by atoms with Crippen molar-refractivity contribution in [2.75, 3.05) is 6.54 Å². The largest absolute Gasteiger partial charge is 0.352 e. The quantitative estimate of drug-likeness (QED) is 0.406. The van der Waals surface area contributed by atoms with Crippen LogP contribution in [0.3, 0.4) is 0 Å². The number of amides is 2. The van der Waals surface area contributed by atoms with Crippen LogP contribution in [0.5, 0.6) is 0 Å². The lowest BCUT2D eigenvalue weighted by Gasteiger charge is -2.31. The molecular formula is C27H35FN4O2. The number of fused-ring (bicyclic) bond motifs is 1. The van der Waals surface area contributed by atoms with E-state index in [1.54, 1.807) is 0 Å². The number of para-hydroxylation sites is 2. The predicted octanol–water partition coefficient (Wildman–Crippen LogP) is 4.96. The molecule has 3 rings (SSSR count). The third-order valence-corrected chi connectivity index (χ3v) is 5.90. The molecule has 3 aromatic rings. The van der Waals surface area contributed by atoms with E-state index in [1.165, 1.54) is 24.3 Å². The van der Waals surface area contributed by atoms with Crippen LogP contribution in [0.25, 0.3) is 11.0 Å². The Morgan fingerprint density at radius 2 is 1.65 bits per heavy atom. The average molecular weight is 467 g/mol. The molecule has 2 amide bonds. The van der Waals surface area contributed by atoms with Crippen LogP contribution in [0, 0.1) is 5.82 Å². The molecule has 0 aliphatic heterocycles. The van der Waals surface area contributed by atoms with Crippen molar-refractivity contribution in [2.45, 2.75) is 72.0 Å². The zero-order valence-electron chi connectivity index (χ0n) is 20.6. The molecule has 2 aromatic carbocycles. The fourth-order valence-corrected chi connectivity index (χ4v) is 4.37. The number of halogens is 1. The number of unbranched alkanes of at least 4 members (excludes halogenated alkanes) is 2. The van der Waals surface area contributed by atoms with Gasteiger partial charge < -0.3 is 14.8 Å². The Kier molecular flexibility index (Phi) is 8.79. The summed E-state index contributed by atoms with van der Waals surface area (Å²) in [5.74, 6) is 0.459. The van der Waals surface area contributed by atoms with E-state index in [0.717, 1.165) is 42.5 Å². The van der Waals surface area contributed by atoms with Gasteiger partial charge in [0.05, 0.1) is 11.0 Å². The molecule has 1 heterocycles. The summed E-state index contributed by atoms with van der Waals surface area (Å²) in [5, 5.41) is 2.88.